The van der Waals surface area contributed by atoms with Crippen LogP contribution in [0.4, 0.5) is 11.6 Å². The van der Waals surface area contributed by atoms with Gasteiger partial charge in [-0.25, -0.2) is 9.97 Å². The molecule has 128 valence electrons. The van der Waals surface area contributed by atoms with Crippen molar-refractivity contribution in [3.8, 4) is 0 Å². The van der Waals surface area contributed by atoms with Crippen LogP contribution in [0.5, 0.6) is 0 Å². The number of anilines is 2. The minimum absolute atomic E-state index is 0.186. The maximum Gasteiger partial charge on any atom is 0.237 e. The number of piperidine rings is 1. The molecule has 1 amide bonds. The topological polar surface area (TPSA) is 93.2 Å². The fraction of sp³-hybridized carbons (Fsp3) is 0.500. The van der Waals surface area contributed by atoms with E-state index in [9.17, 15) is 4.79 Å². The van der Waals surface area contributed by atoms with Crippen LogP contribution in [0.2, 0.25) is 0 Å². The van der Waals surface area contributed by atoms with Gasteiger partial charge < -0.3 is 20.1 Å². The Labute approximate surface area is 141 Å². The summed E-state index contributed by atoms with van der Waals surface area (Å²) in [5.74, 6) is 2.69. The second-order valence-corrected chi connectivity index (χ2v) is 6.27. The van der Waals surface area contributed by atoms with Gasteiger partial charge in [-0.2, -0.15) is 0 Å². The van der Waals surface area contributed by atoms with E-state index in [2.05, 4.69) is 19.9 Å². The van der Waals surface area contributed by atoms with Crippen molar-refractivity contribution < 1.29 is 4.79 Å². The molecule has 3 heterocycles. The number of primary amides is 1. The van der Waals surface area contributed by atoms with E-state index in [0.29, 0.717) is 5.92 Å². The Hall–Kier alpha value is -2.64. The van der Waals surface area contributed by atoms with Gasteiger partial charge >= 0.3 is 0 Å². The third-order valence-electron chi connectivity index (χ3n) is 4.33. The summed E-state index contributed by atoms with van der Waals surface area (Å²) < 4.78 is 1.86. The summed E-state index contributed by atoms with van der Waals surface area (Å²) in [6.07, 6.45) is 9.04. The molecule has 24 heavy (non-hydrogen) atoms. The van der Waals surface area contributed by atoms with Crippen LogP contribution in [0.3, 0.4) is 0 Å². The third-order valence-corrected chi connectivity index (χ3v) is 4.33. The number of imidazole rings is 1. The molecule has 0 radical (unpaired) electrons. The van der Waals surface area contributed by atoms with Crippen molar-refractivity contribution in [2.24, 2.45) is 5.73 Å². The highest BCUT2D eigenvalue weighted by Gasteiger charge is 2.25. The second kappa shape index (κ2) is 6.86. The van der Waals surface area contributed by atoms with Crippen LogP contribution < -0.4 is 15.5 Å². The van der Waals surface area contributed by atoms with Crippen molar-refractivity contribution in [2.75, 3.05) is 37.0 Å². The highest BCUT2D eigenvalue weighted by atomic mass is 16.1. The van der Waals surface area contributed by atoms with Gasteiger partial charge in [0.25, 0.3) is 0 Å². The number of carbonyl (C=O) groups excluding carboxylic acids is 1. The first-order chi connectivity index (χ1) is 11.5. The second-order valence-electron chi connectivity index (χ2n) is 6.27. The maximum absolute atomic E-state index is 11.2. The molecule has 0 bridgehead atoms. The fourth-order valence-electron chi connectivity index (χ4n) is 3.06. The van der Waals surface area contributed by atoms with Crippen molar-refractivity contribution >= 4 is 17.5 Å². The van der Waals surface area contributed by atoms with Crippen LogP contribution in [0.15, 0.2) is 24.8 Å². The van der Waals surface area contributed by atoms with E-state index in [1.165, 1.54) is 0 Å². The van der Waals surface area contributed by atoms with Crippen LogP contribution in [-0.4, -0.2) is 52.6 Å². The predicted molar refractivity (Wildman–Crippen MR) is 92.0 cm³/mol. The van der Waals surface area contributed by atoms with Gasteiger partial charge in [0.05, 0.1) is 12.4 Å². The molecule has 0 saturated carbocycles. The SMILES string of the molecule is CN(C)c1cncc(N2CCC(c3nccn3CC(N)=O)CC2)n1. The Morgan fingerprint density at radius 2 is 2.08 bits per heavy atom. The van der Waals surface area contributed by atoms with Crippen molar-refractivity contribution in [2.45, 2.75) is 25.3 Å². The number of aromatic nitrogens is 4. The first-order valence-corrected chi connectivity index (χ1v) is 8.08. The highest BCUT2D eigenvalue weighted by molar-refractivity contribution is 5.73. The molecule has 1 aliphatic heterocycles. The number of rotatable bonds is 5. The summed E-state index contributed by atoms with van der Waals surface area (Å²) in [6.45, 7) is 1.96. The number of hydrogen-bond donors (Lipinski definition) is 1. The molecular weight excluding hydrogens is 306 g/mol. The van der Waals surface area contributed by atoms with Gasteiger partial charge in [-0.3, -0.25) is 9.78 Å². The Balaban J connectivity index is 1.67. The average Bonchev–Trinajstić information content (AvgIpc) is 3.02. The highest BCUT2D eigenvalue weighted by Crippen LogP contribution is 2.29. The van der Waals surface area contributed by atoms with Gasteiger partial charge in [0, 0.05) is 45.5 Å². The molecule has 2 aromatic heterocycles. The monoisotopic (exact) mass is 329 g/mol. The molecular formula is C16H23N7O. The van der Waals surface area contributed by atoms with Gasteiger partial charge in [0.1, 0.15) is 24.0 Å². The van der Waals surface area contributed by atoms with Gasteiger partial charge in [-0.1, -0.05) is 0 Å². The lowest BCUT2D eigenvalue weighted by molar-refractivity contribution is -0.118. The predicted octanol–water partition coefficient (Wildman–Crippen LogP) is 0.608. The average molecular weight is 329 g/mol. The first kappa shape index (κ1) is 16.2. The summed E-state index contributed by atoms with van der Waals surface area (Å²) in [7, 11) is 3.91. The summed E-state index contributed by atoms with van der Waals surface area (Å²) in [6, 6.07) is 0. The number of carbonyl (C=O) groups is 1. The largest absolute Gasteiger partial charge is 0.368 e. The van der Waals surface area contributed by atoms with Gasteiger partial charge in [-0.05, 0) is 12.8 Å². The molecule has 0 spiro atoms. The molecule has 1 fully saturated rings. The van der Waals surface area contributed by atoms with Gasteiger partial charge in [0.15, 0.2) is 0 Å². The minimum atomic E-state index is -0.345. The lowest BCUT2D eigenvalue weighted by atomic mass is 9.96. The maximum atomic E-state index is 11.2. The van der Waals surface area contributed by atoms with Crippen molar-refractivity contribution in [1.82, 2.24) is 19.5 Å². The van der Waals surface area contributed by atoms with Crippen LogP contribution in [0.1, 0.15) is 24.6 Å². The molecule has 0 unspecified atom stereocenters. The Kier molecular flexibility index (Phi) is 4.64. The Bertz CT molecular complexity index is 704. The van der Waals surface area contributed by atoms with Crippen molar-refractivity contribution in [3.63, 3.8) is 0 Å². The van der Waals surface area contributed by atoms with E-state index in [1.807, 2.05) is 29.8 Å². The molecule has 1 aliphatic rings. The molecule has 8 nitrogen and oxygen atoms in total. The van der Waals surface area contributed by atoms with E-state index >= 15 is 0 Å². The van der Waals surface area contributed by atoms with Crippen LogP contribution in [0.25, 0.3) is 0 Å². The molecule has 0 aliphatic carbocycles. The third kappa shape index (κ3) is 3.47. The molecule has 0 atom stereocenters. The summed E-state index contributed by atoms with van der Waals surface area (Å²) >= 11 is 0. The van der Waals surface area contributed by atoms with E-state index in [4.69, 9.17) is 5.73 Å². The summed E-state index contributed by atoms with van der Waals surface area (Å²) in [5, 5.41) is 0. The number of hydrogen-bond acceptors (Lipinski definition) is 6. The first-order valence-electron chi connectivity index (χ1n) is 8.08. The van der Waals surface area contributed by atoms with E-state index in [1.54, 1.807) is 18.6 Å². The molecule has 3 rings (SSSR count). The van der Waals surface area contributed by atoms with Crippen LogP contribution in [0, 0.1) is 0 Å². The van der Waals surface area contributed by atoms with Crippen molar-refractivity contribution in [1.29, 1.82) is 0 Å². The number of nitrogens with two attached hydrogens (primary N) is 1. The van der Waals surface area contributed by atoms with E-state index in [-0.39, 0.29) is 12.5 Å². The standard InChI is InChI=1S/C16H23N7O/c1-21(2)14-9-18-10-15(20-14)22-6-3-12(4-7-22)16-19-5-8-23(16)11-13(17)24/h5,8-10,12H,3-4,6-7,11H2,1-2H3,(H2,17,24). The van der Waals surface area contributed by atoms with Crippen LogP contribution in [-0.2, 0) is 11.3 Å². The summed E-state index contributed by atoms with van der Waals surface area (Å²) in [4.78, 5) is 28.7. The molecule has 2 aromatic rings. The molecule has 8 heteroatoms. The number of nitrogens with zero attached hydrogens (tertiary/aromatic N) is 6. The fourth-order valence-corrected chi connectivity index (χ4v) is 3.06. The van der Waals surface area contributed by atoms with Crippen LogP contribution >= 0.6 is 0 Å². The smallest absolute Gasteiger partial charge is 0.237 e. The molecule has 2 N–H and O–H groups in total. The quantitative estimate of drug-likeness (QED) is 0.864. The molecule has 0 aromatic carbocycles. The zero-order valence-corrected chi connectivity index (χ0v) is 14.1. The Morgan fingerprint density at radius 3 is 2.75 bits per heavy atom. The van der Waals surface area contributed by atoms with Gasteiger partial charge in [0.2, 0.25) is 5.91 Å². The Morgan fingerprint density at radius 1 is 1.33 bits per heavy atom. The summed E-state index contributed by atoms with van der Waals surface area (Å²) in [5.41, 5.74) is 5.30. The van der Waals surface area contributed by atoms with E-state index < -0.39 is 0 Å². The zero-order chi connectivity index (χ0) is 17.1. The lowest BCUT2D eigenvalue weighted by Gasteiger charge is -2.32. The van der Waals surface area contributed by atoms with Crippen molar-refractivity contribution in [3.05, 3.63) is 30.6 Å². The van der Waals surface area contributed by atoms with E-state index in [0.717, 1.165) is 43.4 Å². The minimum Gasteiger partial charge on any atom is -0.368 e. The zero-order valence-electron chi connectivity index (χ0n) is 14.1. The lowest BCUT2D eigenvalue weighted by Crippen LogP contribution is -2.35. The van der Waals surface area contributed by atoms with Gasteiger partial charge in [-0.15, -0.1) is 0 Å². The molecule has 1 saturated heterocycles. The normalized spacial score (nSPS) is 15.5. The number of amides is 1.